The van der Waals surface area contributed by atoms with Crippen molar-refractivity contribution in [1.29, 1.82) is 5.26 Å². The molecule has 0 fully saturated rings. The molecule has 0 saturated carbocycles. The summed E-state index contributed by atoms with van der Waals surface area (Å²) in [7, 11) is 0. The standard InChI is InChI=1S/C10H12N2S/c1-6-7(2)9(5-11)10(13-4)12-8(6)3/h1-4H3. The van der Waals surface area contributed by atoms with Crippen LogP contribution in [0.4, 0.5) is 0 Å². The molecule has 0 N–H and O–H groups in total. The fourth-order valence-electron chi connectivity index (χ4n) is 1.19. The van der Waals surface area contributed by atoms with Crippen LogP contribution < -0.4 is 0 Å². The van der Waals surface area contributed by atoms with Gasteiger partial charge in [0.2, 0.25) is 0 Å². The minimum Gasteiger partial charge on any atom is -0.245 e. The molecule has 68 valence electrons. The molecule has 0 aliphatic carbocycles. The van der Waals surface area contributed by atoms with Gasteiger partial charge < -0.3 is 0 Å². The first-order valence-corrected chi connectivity index (χ1v) is 5.26. The Balaban J connectivity index is 3.50. The van der Waals surface area contributed by atoms with E-state index in [-0.39, 0.29) is 0 Å². The van der Waals surface area contributed by atoms with Gasteiger partial charge in [-0.2, -0.15) is 5.26 Å². The Kier molecular flexibility index (Phi) is 2.94. The second kappa shape index (κ2) is 3.80. The summed E-state index contributed by atoms with van der Waals surface area (Å²) in [6.45, 7) is 5.95. The molecule has 3 heteroatoms. The Bertz CT molecular complexity index is 377. The third kappa shape index (κ3) is 1.68. The molecule has 1 heterocycles. The minimum atomic E-state index is 0.718. The Morgan fingerprint density at radius 2 is 1.85 bits per heavy atom. The molecule has 0 aromatic carbocycles. The van der Waals surface area contributed by atoms with Gasteiger partial charge in [0, 0.05) is 5.69 Å². The highest BCUT2D eigenvalue weighted by molar-refractivity contribution is 7.98. The fraction of sp³-hybridized carbons (Fsp3) is 0.400. The third-order valence-corrected chi connectivity index (χ3v) is 2.95. The molecule has 1 rings (SSSR count). The number of nitriles is 1. The van der Waals surface area contributed by atoms with E-state index >= 15 is 0 Å². The van der Waals surface area contributed by atoms with Crippen molar-refractivity contribution < 1.29 is 0 Å². The number of thioether (sulfide) groups is 1. The van der Waals surface area contributed by atoms with Gasteiger partial charge in [0.25, 0.3) is 0 Å². The van der Waals surface area contributed by atoms with Gasteiger partial charge in [-0.3, -0.25) is 0 Å². The second-order valence-electron chi connectivity index (χ2n) is 2.94. The van der Waals surface area contributed by atoms with Crippen LogP contribution in [0.2, 0.25) is 0 Å². The van der Waals surface area contributed by atoms with Crippen molar-refractivity contribution in [2.24, 2.45) is 0 Å². The van der Waals surface area contributed by atoms with Gasteiger partial charge in [-0.25, -0.2) is 4.98 Å². The topological polar surface area (TPSA) is 36.7 Å². The molecule has 0 unspecified atom stereocenters. The fourth-order valence-corrected chi connectivity index (χ4v) is 1.82. The summed E-state index contributed by atoms with van der Waals surface area (Å²) in [6, 6.07) is 2.20. The van der Waals surface area contributed by atoms with E-state index in [9.17, 15) is 0 Å². The summed E-state index contributed by atoms with van der Waals surface area (Å²) in [5.74, 6) is 0. The van der Waals surface area contributed by atoms with E-state index in [4.69, 9.17) is 5.26 Å². The van der Waals surface area contributed by atoms with E-state index < -0.39 is 0 Å². The lowest BCUT2D eigenvalue weighted by atomic mass is 10.1. The van der Waals surface area contributed by atoms with Crippen molar-refractivity contribution in [1.82, 2.24) is 4.98 Å². The minimum absolute atomic E-state index is 0.718. The lowest BCUT2D eigenvalue weighted by Gasteiger charge is -2.08. The maximum Gasteiger partial charge on any atom is 0.114 e. The SMILES string of the molecule is CSc1nc(C)c(C)c(C)c1C#N. The molecule has 0 saturated heterocycles. The van der Waals surface area contributed by atoms with Crippen LogP contribution in [-0.2, 0) is 0 Å². The summed E-state index contributed by atoms with van der Waals surface area (Å²) in [5.41, 5.74) is 3.91. The molecule has 0 amide bonds. The van der Waals surface area contributed by atoms with Crippen molar-refractivity contribution in [2.45, 2.75) is 25.8 Å². The van der Waals surface area contributed by atoms with Crippen molar-refractivity contribution in [3.63, 3.8) is 0 Å². The van der Waals surface area contributed by atoms with Gasteiger partial charge in [-0.1, -0.05) is 0 Å². The van der Waals surface area contributed by atoms with E-state index in [0.717, 1.165) is 27.4 Å². The number of nitrogens with zero attached hydrogens (tertiary/aromatic N) is 2. The summed E-state index contributed by atoms with van der Waals surface area (Å²) in [5, 5.41) is 9.78. The van der Waals surface area contributed by atoms with Gasteiger partial charge in [-0.05, 0) is 38.2 Å². The van der Waals surface area contributed by atoms with Crippen LogP contribution in [0.5, 0.6) is 0 Å². The zero-order chi connectivity index (χ0) is 10.0. The van der Waals surface area contributed by atoms with E-state index in [1.807, 2.05) is 27.0 Å². The van der Waals surface area contributed by atoms with Gasteiger partial charge in [0.15, 0.2) is 0 Å². The Morgan fingerprint density at radius 3 is 2.31 bits per heavy atom. The first-order valence-electron chi connectivity index (χ1n) is 4.03. The molecule has 2 nitrogen and oxygen atoms in total. The zero-order valence-corrected chi connectivity index (χ0v) is 9.12. The summed E-state index contributed by atoms with van der Waals surface area (Å²) < 4.78 is 0. The van der Waals surface area contributed by atoms with Crippen molar-refractivity contribution in [3.8, 4) is 6.07 Å². The predicted molar refractivity (Wildman–Crippen MR) is 54.9 cm³/mol. The lowest BCUT2D eigenvalue weighted by Crippen LogP contribution is -1.98. The van der Waals surface area contributed by atoms with E-state index in [2.05, 4.69) is 11.1 Å². The molecule has 0 bridgehead atoms. The Morgan fingerprint density at radius 1 is 1.23 bits per heavy atom. The number of hydrogen-bond acceptors (Lipinski definition) is 3. The first kappa shape index (κ1) is 10.1. The number of aryl methyl sites for hydroxylation is 1. The molecular weight excluding hydrogens is 180 g/mol. The number of rotatable bonds is 1. The first-order chi connectivity index (χ1) is 6.11. The zero-order valence-electron chi connectivity index (χ0n) is 8.30. The van der Waals surface area contributed by atoms with E-state index in [1.165, 1.54) is 11.8 Å². The maximum atomic E-state index is 8.94. The van der Waals surface area contributed by atoms with Crippen LogP contribution in [-0.4, -0.2) is 11.2 Å². The van der Waals surface area contributed by atoms with Crippen LogP contribution in [0.1, 0.15) is 22.4 Å². The van der Waals surface area contributed by atoms with Crippen molar-refractivity contribution >= 4 is 11.8 Å². The van der Waals surface area contributed by atoms with Gasteiger partial charge in [0.05, 0.1) is 5.56 Å². The highest BCUT2D eigenvalue weighted by Crippen LogP contribution is 2.24. The molecule has 0 radical (unpaired) electrons. The smallest absolute Gasteiger partial charge is 0.114 e. The summed E-state index contributed by atoms with van der Waals surface area (Å²) in [4.78, 5) is 4.36. The molecule has 0 spiro atoms. The molecule has 0 aliphatic rings. The maximum absolute atomic E-state index is 8.94. The summed E-state index contributed by atoms with van der Waals surface area (Å²) in [6.07, 6.45) is 1.94. The molecular formula is C10H12N2S. The molecule has 0 aliphatic heterocycles. The number of hydrogen-bond donors (Lipinski definition) is 0. The van der Waals surface area contributed by atoms with Crippen LogP contribution in [0.3, 0.4) is 0 Å². The Labute approximate surface area is 83.0 Å². The van der Waals surface area contributed by atoms with Gasteiger partial charge in [-0.15, -0.1) is 11.8 Å². The second-order valence-corrected chi connectivity index (χ2v) is 3.74. The molecule has 1 aromatic rings. The van der Waals surface area contributed by atoms with Crippen LogP contribution in [0.15, 0.2) is 5.03 Å². The quantitative estimate of drug-likeness (QED) is 0.642. The Hall–Kier alpha value is -1.01. The van der Waals surface area contributed by atoms with E-state index in [0.29, 0.717) is 0 Å². The average molecular weight is 192 g/mol. The number of pyridine rings is 1. The van der Waals surface area contributed by atoms with Crippen molar-refractivity contribution in [2.75, 3.05) is 6.26 Å². The number of aromatic nitrogens is 1. The highest BCUT2D eigenvalue weighted by atomic mass is 32.2. The highest BCUT2D eigenvalue weighted by Gasteiger charge is 2.10. The van der Waals surface area contributed by atoms with Crippen LogP contribution >= 0.6 is 11.8 Å². The van der Waals surface area contributed by atoms with Gasteiger partial charge >= 0.3 is 0 Å². The molecule has 13 heavy (non-hydrogen) atoms. The average Bonchev–Trinajstić information content (AvgIpc) is 2.13. The third-order valence-electron chi connectivity index (χ3n) is 2.27. The predicted octanol–water partition coefficient (Wildman–Crippen LogP) is 2.60. The van der Waals surface area contributed by atoms with E-state index in [1.54, 1.807) is 0 Å². The van der Waals surface area contributed by atoms with Crippen LogP contribution in [0.25, 0.3) is 0 Å². The normalized spacial score (nSPS) is 9.77. The largest absolute Gasteiger partial charge is 0.245 e. The molecule has 1 aromatic heterocycles. The monoisotopic (exact) mass is 192 g/mol. The van der Waals surface area contributed by atoms with Crippen LogP contribution in [0, 0.1) is 32.1 Å². The summed E-state index contributed by atoms with van der Waals surface area (Å²) >= 11 is 1.52. The molecule has 0 atom stereocenters. The van der Waals surface area contributed by atoms with Gasteiger partial charge in [0.1, 0.15) is 11.1 Å². The van der Waals surface area contributed by atoms with Crippen molar-refractivity contribution in [3.05, 3.63) is 22.4 Å². The lowest BCUT2D eigenvalue weighted by molar-refractivity contribution is 1.00.